The fourth-order valence-corrected chi connectivity index (χ4v) is 0.881. The molecule has 4 nitrogen and oxygen atoms in total. The van der Waals surface area contributed by atoms with E-state index in [1.807, 2.05) is 0 Å². The molecule has 1 aromatic heterocycles. The first kappa shape index (κ1) is 8.86. The average molecular weight is 189 g/mol. The number of hydrogen-bond donors (Lipinski definition) is 1. The Morgan fingerprint density at radius 3 is 2.75 bits per heavy atom. The van der Waals surface area contributed by atoms with Gasteiger partial charge in [0.25, 0.3) is 0 Å². The van der Waals surface area contributed by atoms with Crippen LogP contribution < -0.4 is 5.73 Å². The Labute approximate surface area is 73.3 Å². The Kier molecular flexibility index (Phi) is 2.54. The van der Waals surface area contributed by atoms with Crippen molar-refractivity contribution in [3.05, 3.63) is 11.2 Å². The number of aliphatic imine (C=N–C) groups is 1. The van der Waals surface area contributed by atoms with E-state index < -0.39 is 6.08 Å². The van der Waals surface area contributed by atoms with Gasteiger partial charge >= 0.3 is 6.08 Å². The number of nitrogens with two attached hydrogens (primary N) is 1. The summed E-state index contributed by atoms with van der Waals surface area (Å²) in [5.74, 6) is -0.0643. The number of aromatic nitrogens is 2. The molecule has 0 aliphatic rings. The van der Waals surface area contributed by atoms with Crippen molar-refractivity contribution in [2.75, 3.05) is 5.73 Å². The molecule has 0 aliphatic heterocycles. The van der Waals surface area contributed by atoms with Gasteiger partial charge < -0.3 is 5.73 Å². The Morgan fingerprint density at radius 2 is 2.25 bits per heavy atom. The molecular weight excluding hydrogens is 183 g/mol. The van der Waals surface area contributed by atoms with Crippen LogP contribution in [0.3, 0.4) is 0 Å². The second kappa shape index (κ2) is 3.44. The molecule has 6 heteroatoms. The predicted octanol–water partition coefficient (Wildman–Crippen LogP) is 1.57. The highest BCUT2D eigenvalue weighted by atomic mass is 35.5. The van der Waals surface area contributed by atoms with Crippen molar-refractivity contribution in [3.8, 4) is 0 Å². The van der Waals surface area contributed by atoms with Crippen molar-refractivity contribution < 1.29 is 4.39 Å². The second-order valence-electron chi connectivity index (χ2n) is 1.90. The molecule has 64 valence electrons. The highest BCUT2D eigenvalue weighted by Gasteiger charge is 2.08. The maximum atomic E-state index is 12.4. The normalized spacial score (nSPS) is 10.9. The molecule has 0 spiro atoms. The zero-order chi connectivity index (χ0) is 9.14. The van der Waals surface area contributed by atoms with Crippen molar-refractivity contribution in [2.45, 2.75) is 6.92 Å². The first-order chi connectivity index (χ1) is 5.65. The largest absolute Gasteiger partial charge is 0.382 e. The van der Waals surface area contributed by atoms with Crippen molar-refractivity contribution in [3.63, 3.8) is 0 Å². The van der Waals surface area contributed by atoms with Crippen LogP contribution in [0.25, 0.3) is 0 Å². The summed E-state index contributed by atoms with van der Waals surface area (Å²) < 4.78 is 12.4. The summed E-state index contributed by atoms with van der Waals surface area (Å²) in [6.07, 6.45) is 0.520. The van der Waals surface area contributed by atoms with Gasteiger partial charge in [0.2, 0.25) is 0 Å². The van der Waals surface area contributed by atoms with Crippen molar-refractivity contribution in [1.82, 2.24) is 9.97 Å². The van der Waals surface area contributed by atoms with Gasteiger partial charge in [-0.2, -0.15) is 14.4 Å². The number of halogens is 2. The smallest absolute Gasteiger partial charge is 0.312 e. The van der Waals surface area contributed by atoms with Crippen LogP contribution in [0.2, 0.25) is 5.15 Å². The van der Waals surface area contributed by atoms with Gasteiger partial charge in [-0.1, -0.05) is 11.6 Å². The lowest BCUT2D eigenvalue weighted by Gasteiger charge is -1.99. The highest BCUT2D eigenvalue weighted by Crippen LogP contribution is 2.27. The van der Waals surface area contributed by atoms with Crippen LogP contribution in [0, 0.1) is 6.08 Å². The summed E-state index contributed by atoms with van der Waals surface area (Å²) in [7, 11) is 0. The van der Waals surface area contributed by atoms with Gasteiger partial charge in [0.15, 0.2) is 11.0 Å². The van der Waals surface area contributed by atoms with E-state index in [0.29, 0.717) is 0 Å². The van der Waals surface area contributed by atoms with Crippen LogP contribution in [0.1, 0.15) is 6.92 Å². The molecule has 0 saturated carbocycles. The SMILES string of the molecule is CC=Nc1c(N)nc(F)nc1Cl. The molecular formula is C6H6ClFN4. The van der Waals surface area contributed by atoms with E-state index in [2.05, 4.69) is 15.0 Å². The fraction of sp³-hybridized carbons (Fsp3) is 0.167. The molecule has 0 bridgehead atoms. The van der Waals surface area contributed by atoms with Crippen molar-refractivity contribution in [2.24, 2.45) is 4.99 Å². The zero-order valence-electron chi connectivity index (χ0n) is 6.25. The van der Waals surface area contributed by atoms with Crippen LogP contribution in [0.15, 0.2) is 4.99 Å². The van der Waals surface area contributed by atoms with Crippen LogP contribution in [-0.4, -0.2) is 16.2 Å². The zero-order valence-corrected chi connectivity index (χ0v) is 7.01. The van der Waals surface area contributed by atoms with Crippen LogP contribution in [0.4, 0.5) is 15.9 Å². The minimum absolute atomic E-state index is 0.0643. The topological polar surface area (TPSA) is 64.2 Å². The molecule has 1 heterocycles. The number of anilines is 1. The third kappa shape index (κ3) is 1.68. The third-order valence-corrected chi connectivity index (χ3v) is 1.36. The van der Waals surface area contributed by atoms with E-state index >= 15 is 0 Å². The van der Waals surface area contributed by atoms with E-state index in [-0.39, 0.29) is 16.7 Å². The molecule has 0 radical (unpaired) electrons. The van der Waals surface area contributed by atoms with Crippen molar-refractivity contribution >= 4 is 29.3 Å². The fourth-order valence-electron chi connectivity index (χ4n) is 0.665. The second-order valence-corrected chi connectivity index (χ2v) is 2.26. The number of nitrogen functional groups attached to an aromatic ring is 1. The molecule has 2 N–H and O–H groups in total. The van der Waals surface area contributed by atoms with E-state index in [1.165, 1.54) is 6.21 Å². The monoisotopic (exact) mass is 188 g/mol. The lowest BCUT2D eigenvalue weighted by atomic mass is 10.5. The maximum Gasteiger partial charge on any atom is 0.312 e. The molecule has 1 rings (SSSR count). The summed E-state index contributed by atoms with van der Waals surface area (Å²) >= 11 is 5.53. The molecule has 0 amide bonds. The lowest BCUT2D eigenvalue weighted by molar-refractivity contribution is 0.541. The van der Waals surface area contributed by atoms with E-state index in [4.69, 9.17) is 17.3 Å². The minimum atomic E-state index is -0.951. The van der Waals surface area contributed by atoms with Gasteiger partial charge in [-0.05, 0) is 6.92 Å². The van der Waals surface area contributed by atoms with E-state index in [9.17, 15) is 4.39 Å². The average Bonchev–Trinajstić information content (AvgIpc) is 1.96. The predicted molar refractivity (Wildman–Crippen MR) is 45.2 cm³/mol. The van der Waals surface area contributed by atoms with Gasteiger partial charge in [-0.25, -0.2) is 0 Å². The van der Waals surface area contributed by atoms with Crippen LogP contribution in [0.5, 0.6) is 0 Å². The minimum Gasteiger partial charge on any atom is -0.382 e. The first-order valence-corrected chi connectivity index (χ1v) is 3.50. The summed E-state index contributed by atoms with van der Waals surface area (Å²) in [6.45, 7) is 1.68. The Hall–Kier alpha value is -1.23. The molecule has 1 aromatic rings. The summed E-state index contributed by atoms with van der Waals surface area (Å²) in [5, 5.41) is -0.0851. The number of rotatable bonds is 1. The molecule has 0 aromatic carbocycles. The van der Waals surface area contributed by atoms with Crippen LogP contribution >= 0.6 is 11.6 Å². The van der Waals surface area contributed by atoms with Crippen LogP contribution in [-0.2, 0) is 0 Å². The molecule has 0 fully saturated rings. The van der Waals surface area contributed by atoms with Gasteiger partial charge in [0.05, 0.1) is 0 Å². The van der Waals surface area contributed by atoms with E-state index in [0.717, 1.165) is 0 Å². The molecule has 0 saturated heterocycles. The number of nitrogens with zero attached hydrogens (tertiary/aromatic N) is 3. The standard InChI is InChI=1S/C6H6ClFN4/c1-2-10-3-4(7)11-6(8)12-5(3)9/h2H,1H3,(H2,9,11,12). The Morgan fingerprint density at radius 1 is 1.58 bits per heavy atom. The van der Waals surface area contributed by atoms with Gasteiger partial charge in [0, 0.05) is 6.21 Å². The van der Waals surface area contributed by atoms with Gasteiger partial charge in [-0.15, -0.1) is 0 Å². The molecule has 0 aliphatic carbocycles. The summed E-state index contributed by atoms with van der Waals surface area (Å²) in [6, 6.07) is 0. The third-order valence-electron chi connectivity index (χ3n) is 1.10. The molecule has 12 heavy (non-hydrogen) atoms. The first-order valence-electron chi connectivity index (χ1n) is 3.12. The lowest BCUT2D eigenvalue weighted by Crippen LogP contribution is -1.97. The maximum absolute atomic E-state index is 12.4. The summed E-state index contributed by atoms with van der Waals surface area (Å²) in [5.41, 5.74) is 5.51. The summed E-state index contributed by atoms with van der Waals surface area (Å²) in [4.78, 5) is 10.3. The van der Waals surface area contributed by atoms with Gasteiger partial charge in [-0.3, -0.25) is 4.99 Å². The highest BCUT2D eigenvalue weighted by molar-refractivity contribution is 6.32. The number of hydrogen-bond acceptors (Lipinski definition) is 4. The van der Waals surface area contributed by atoms with Crippen molar-refractivity contribution in [1.29, 1.82) is 0 Å². The van der Waals surface area contributed by atoms with Gasteiger partial charge in [0.1, 0.15) is 5.69 Å². The molecule has 0 atom stereocenters. The Bertz CT molecular complexity index is 302. The molecule has 0 unspecified atom stereocenters. The Balaban J connectivity index is 3.28. The van der Waals surface area contributed by atoms with E-state index in [1.54, 1.807) is 6.92 Å². The quantitative estimate of drug-likeness (QED) is 0.413.